The Hall–Kier alpha value is -0.810. The maximum Gasteiger partial charge on any atom is 0.317 e. The molecule has 2 unspecified atom stereocenters. The molecular formula is C10H20N2O3. The molecule has 1 heterocycles. The first kappa shape index (κ1) is 12.3. The second-order valence-electron chi connectivity index (χ2n) is 3.89. The van der Waals surface area contributed by atoms with Crippen molar-refractivity contribution >= 4 is 6.03 Å². The molecular weight excluding hydrogens is 196 g/mol. The highest BCUT2D eigenvalue weighted by atomic mass is 16.5. The highest BCUT2D eigenvalue weighted by Gasteiger charge is 2.25. The Morgan fingerprint density at radius 3 is 2.60 bits per heavy atom. The Morgan fingerprint density at radius 1 is 1.47 bits per heavy atom. The van der Waals surface area contributed by atoms with Crippen LogP contribution in [0.5, 0.6) is 0 Å². The van der Waals surface area contributed by atoms with Gasteiger partial charge in [0.2, 0.25) is 0 Å². The van der Waals surface area contributed by atoms with Crippen LogP contribution in [-0.2, 0) is 9.47 Å². The van der Waals surface area contributed by atoms with Crippen LogP contribution in [0.2, 0.25) is 0 Å². The number of hydrogen-bond acceptors (Lipinski definition) is 3. The summed E-state index contributed by atoms with van der Waals surface area (Å²) in [6.45, 7) is 6.36. The van der Waals surface area contributed by atoms with Gasteiger partial charge in [0.05, 0.1) is 18.8 Å². The Balaban J connectivity index is 2.31. The molecule has 5 heteroatoms. The second kappa shape index (κ2) is 5.92. The Morgan fingerprint density at radius 2 is 2.07 bits per heavy atom. The first-order valence-corrected chi connectivity index (χ1v) is 5.30. The maximum atomic E-state index is 11.7. The fourth-order valence-corrected chi connectivity index (χ4v) is 1.72. The predicted molar refractivity (Wildman–Crippen MR) is 56.9 cm³/mol. The molecule has 1 aliphatic heterocycles. The van der Waals surface area contributed by atoms with Crippen LogP contribution in [0.1, 0.15) is 13.8 Å². The summed E-state index contributed by atoms with van der Waals surface area (Å²) in [6, 6.07) is -0.0333. The number of hydrogen-bond donors (Lipinski definition) is 1. The lowest BCUT2D eigenvalue weighted by molar-refractivity contribution is -0.0545. The van der Waals surface area contributed by atoms with Crippen LogP contribution in [0.15, 0.2) is 0 Å². The van der Waals surface area contributed by atoms with Crippen LogP contribution < -0.4 is 5.32 Å². The lowest BCUT2D eigenvalue weighted by Gasteiger charge is -2.35. The number of urea groups is 1. The molecule has 0 bridgehead atoms. The highest BCUT2D eigenvalue weighted by molar-refractivity contribution is 5.74. The van der Waals surface area contributed by atoms with E-state index in [1.165, 1.54) is 0 Å². The van der Waals surface area contributed by atoms with Gasteiger partial charge in [-0.25, -0.2) is 4.79 Å². The van der Waals surface area contributed by atoms with E-state index in [0.717, 1.165) is 0 Å². The molecule has 1 fully saturated rings. The Bertz CT molecular complexity index is 201. The summed E-state index contributed by atoms with van der Waals surface area (Å²) in [6.07, 6.45) is 0.226. The molecule has 2 amide bonds. The number of nitrogens with one attached hydrogen (secondary N) is 1. The summed E-state index contributed by atoms with van der Waals surface area (Å²) < 4.78 is 10.4. The number of carbonyl (C=O) groups is 1. The van der Waals surface area contributed by atoms with Crippen LogP contribution in [0.3, 0.4) is 0 Å². The zero-order chi connectivity index (χ0) is 11.3. The summed E-state index contributed by atoms with van der Waals surface area (Å²) in [7, 11) is 1.62. The van der Waals surface area contributed by atoms with E-state index in [9.17, 15) is 4.79 Å². The molecule has 0 aliphatic carbocycles. The number of methoxy groups -OCH3 is 1. The summed E-state index contributed by atoms with van der Waals surface area (Å²) in [5, 5.41) is 2.80. The maximum absolute atomic E-state index is 11.7. The second-order valence-corrected chi connectivity index (χ2v) is 3.89. The lowest BCUT2D eigenvalue weighted by atomic mass is 10.2. The van der Waals surface area contributed by atoms with Crippen LogP contribution in [0.25, 0.3) is 0 Å². The quantitative estimate of drug-likeness (QED) is 0.697. The normalized spacial score (nSPS) is 26.5. The molecule has 0 aromatic rings. The topological polar surface area (TPSA) is 50.8 Å². The minimum Gasteiger partial charge on any atom is -0.383 e. The van der Waals surface area contributed by atoms with Crippen LogP contribution in [0.4, 0.5) is 4.79 Å². The van der Waals surface area contributed by atoms with E-state index < -0.39 is 0 Å². The minimum atomic E-state index is -0.0333. The van der Waals surface area contributed by atoms with Crippen molar-refractivity contribution in [2.75, 3.05) is 33.4 Å². The van der Waals surface area contributed by atoms with Gasteiger partial charge < -0.3 is 19.7 Å². The molecule has 15 heavy (non-hydrogen) atoms. The van der Waals surface area contributed by atoms with Gasteiger partial charge in [-0.15, -0.1) is 0 Å². The van der Waals surface area contributed by atoms with Gasteiger partial charge in [-0.2, -0.15) is 0 Å². The zero-order valence-electron chi connectivity index (χ0n) is 9.66. The van der Waals surface area contributed by atoms with Crippen molar-refractivity contribution < 1.29 is 14.3 Å². The first-order valence-electron chi connectivity index (χ1n) is 5.30. The van der Waals surface area contributed by atoms with E-state index in [2.05, 4.69) is 5.32 Å². The van der Waals surface area contributed by atoms with Crippen molar-refractivity contribution in [1.29, 1.82) is 0 Å². The largest absolute Gasteiger partial charge is 0.383 e. The molecule has 2 atom stereocenters. The van der Waals surface area contributed by atoms with Gasteiger partial charge in [-0.3, -0.25) is 0 Å². The van der Waals surface area contributed by atoms with Gasteiger partial charge in [0.15, 0.2) is 0 Å². The van der Waals surface area contributed by atoms with Gasteiger partial charge in [0, 0.05) is 26.7 Å². The van der Waals surface area contributed by atoms with Gasteiger partial charge in [-0.05, 0) is 13.8 Å². The summed E-state index contributed by atoms with van der Waals surface area (Å²) in [5.41, 5.74) is 0. The van der Waals surface area contributed by atoms with E-state index >= 15 is 0 Å². The Labute approximate surface area is 90.7 Å². The highest BCUT2D eigenvalue weighted by Crippen LogP contribution is 2.10. The SMILES string of the molecule is COCCNC(=O)N1CC(C)OC(C)C1. The number of morpholine rings is 1. The average molecular weight is 216 g/mol. The summed E-state index contributed by atoms with van der Waals surface area (Å²) in [4.78, 5) is 13.5. The number of nitrogens with zero attached hydrogens (tertiary/aromatic N) is 1. The van der Waals surface area contributed by atoms with Gasteiger partial charge in [0.25, 0.3) is 0 Å². The van der Waals surface area contributed by atoms with Gasteiger partial charge in [0.1, 0.15) is 0 Å². The third kappa shape index (κ3) is 4.05. The van der Waals surface area contributed by atoms with Gasteiger partial charge in [-0.1, -0.05) is 0 Å². The molecule has 1 N–H and O–H groups in total. The van der Waals surface area contributed by atoms with Crippen LogP contribution >= 0.6 is 0 Å². The fraction of sp³-hybridized carbons (Fsp3) is 0.900. The molecule has 1 aliphatic rings. The van der Waals surface area contributed by atoms with E-state index in [0.29, 0.717) is 26.2 Å². The van der Waals surface area contributed by atoms with Crippen LogP contribution in [0, 0.1) is 0 Å². The van der Waals surface area contributed by atoms with E-state index in [1.54, 1.807) is 12.0 Å². The zero-order valence-corrected chi connectivity index (χ0v) is 9.66. The van der Waals surface area contributed by atoms with Crippen molar-refractivity contribution in [3.8, 4) is 0 Å². The van der Waals surface area contributed by atoms with E-state index in [4.69, 9.17) is 9.47 Å². The monoisotopic (exact) mass is 216 g/mol. The van der Waals surface area contributed by atoms with Crippen molar-refractivity contribution in [2.45, 2.75) is 26.1 Å². The smallest absolute Gasteiger partial charge is 0.317 e. The number of ether oxygens (including phenoxy) is 2. The van der Waals surface area contributed by atoms with Crippen molar-refractivity contribution in [3.05, 3.63) is 0 Å². The van der Waals surface area contributed by atoms with E-state index in [-0.39, 0.29) is 18.2 Å². The molecule has 88 valence electrons. The molecule has 0 spiro atoms. The minimum absolute atomic E-state index is 0.0333. The standard InChI is InChI=1S/C10H20N2O3/c1-8-6-12(7-9(2)15-8)10(13)11-4-5-14-3/h8-9H,4-7H2,1-3H3,(H,11,13). The predicted octanol–water partition coefficient (Wildman–Crippen LogP) is 0.452. The average Bonchev–Trinajstić information content (AvgIpc) is 2.16. The van der Waals surface area contributed by atoms with Crippen molar-refractivity contribution in [2.24, 2.45) is 0 Å². The third-order valence-electron chi connectivity index (χ3n) is 2.29. The molecule has 0 aromatic carbocycles. The van der Waals surface area contributed by atoms with E-state index in [1.807, 2.05) is 13.8 Å². The number of amides is 2. The van der Waals surface area contributed by atoms with Gasteiger partial charge >= 0.3 is 6.03 Å². The molecule has 0 saturated carbocycles. The fourth-order valence-electron chi connectivity index (χ4n) is 1.72. The summed E-state index contributed by atoms with van der Waals surface area (Å²) in [5.74, 6) is 0. The Kier molecular flexibility index (Phi) is 4.84. The first-order chi connectivity index (χ1) is 7.13. The lowest BCUT2D eigenvalue weighted by Crippen LogP contribution is -2.52. The summed E-state index contributed by atoms with van der Waals surface area (Å²) >= 11 is 0. The van der Waals surface area contributed by atoms with Crippen molar-refractivity contribution in [1.82, 2.24) is 10.2 Å². The molecule has 5 nitrogen and oxygen atoms in total. The molecule has 1 saturated heterocycles. The third-order valence-corrected chi connectivity index (χ3v) is 2.29. The molecule has 1 rings (SSSR count). The van der Waals surface area contributed by atoms with Crippen molar-refractivity contribution in [3.63, 3.8) is 0 Å². The van der Waals surface area contributed by atoms with Crippen LogP contribution in [-0.4, -0.2) is 56.5 Å². The molecule has 0 aromatic heterocycles. The number of carbonyl (C=O) groups excluding carboxylic acids is 1. The molecule has 0 radical (unpaired) electrons. The number of rotatable bonds is 3.